The molecule has 2 aliphatic carbocycles. The first-order valence-electron chi connectivity index (χ1n) is 6.56. The van der Waals surface area contributed by atoms with E-state index in [1.165, 1.54) is 12.8 Å². The normalized spacial score (nSPS) is 32.9. The molecule has 2 N–H and O–H groups in total. The van der Waals surface area contributed by atoms with Crippen LogP contribution in [-0.2, 0) is 4.79 Å². The molecule has 0 aromatic rings. The molecule has 2 fully saturated rings. The molecule has 2 atom stereocenters. The van der Waals surface area contributed by atoms with Gasteiger partial charge in [0.2, 0.25) is 5.91 Å². The first-order valence-corrected chi connectivity index (χ1v) is 6.56. The zero-order valence-electron chi connectivity index (χ0n) is 10.2. The molecule has 1 amide bonds. The predicted molar refractivity (Wildman–Crippen MR) is 62.9 cm³/mol. The Morgan fingerprint density at radius 1 is 1.38 bits per heavy atom. The van der Waals surface area contributed by atoms with E-state index in [0.717, 1.165) is 38.6 Å². The molecular formula is C13H23NO2. The molecule has 3 heteroatoms. The first kappa shape index (κ1) is 11.9. The van der Waals surface area contributed by atoms with E-state index in [1.54, 1.807) is 0 Å². The van der Waals surface area contributed by atoms with E-state index in [9.17, 15) is 9.90 Å². The largest absolute Gasteiger partial charge is 0.393 e. The minimum Gasteiger partial charge on any atom is -0.393 e. The highest BCUT2D eigenvalue weighted by Gasteiger charge is 2.36. The lowest BCUT2D eigenvalue weighted by Crippen LogP contribution is -2.39. The fraction of sp³-hybridized carbons (Fsp3) is 0.923. The standard InChI is InChI=1S/C13H23NO2/c1-13(6-2-3-7-13)12(16)14-9-10-4-5-11(15)8-10/h10-11,15H,2-9H2,1H3,(H,14,16). The van der Waals surface area contributed by atoms with Gasteiger partial charge in [-0.25, -0.2) is 0 Å². The molecule has 3 nitrogen and oxygen atoms in total. The lowest BCUT2D eigenvalue weighted by molar-refractivity contribution is -0.130. The zero-order valence-corrected chi connectivity index (χ0v) is 10.2. The van der Waals surface area contributed by atoms with Gasteiger partial charge in [0.25, 0.3) is 0 Å². The van der Waals surface area contributed by atoms with Gasteiger partial charge >= 0.3 is 0 Å². The van der Waals surface area contributed by atoms with Crippen molar-refractivity contribution < 1.29 is 9.90 Å². The van der Waals surface area contributed by atoms with Gasteiger partial charge in [-0.3, -0.25) is 4.79 Å². The van der Waals surface area contributed by atoms with E-state index < -0.39 is 0 Å². The molecular weight excluding hydrogens is 202 g/mol. The molecule has 16 heavy (non-hydrogen) atoms. The van der Waals surface area contributed by atoms with Crippen LogP contribution < -0.4 is 5.32 Å². The summed E-state index contributed by atoms with van der Waals surface area (Å²) in [6.07, 6.45) is 7.12. The Balaban J connectivity index is 1.75. The molecule has 2 rings (SSSR count). The van der Waals surface area contributed by atoms with Crippen molar-refractivity contribution in [3.05, 3.63) is 0 Å². The maximum atomic E-state index is 12.0. The topological polar surface area (TPSA) is 49.3 Å². The second-order valence-electron chi connectivity index (χ2n) is 5.81. The van der Waals surface area contributed by atoms with E-state index >= 15 is 0 Å². The lowest BCUT2D eigenvalue weighted by Gasteiger charge is -2.23. The van der Waals surface area contributed by atoms with Gasteiger partial charge < -0.3 is 10.4 Å². The Morgan fingerprint density at radius 2 is 2.06 bits per heavy atom. The van der Waals surface area contributed by atoms with Crippen LogP contribution in [-0.4, -0.2) is 23.7 Å². The third-order valence-electron chi connectivity index (χ3n) is 4.32. The number of rotatable bonds is 3. The average molecular weight is 225 g/mol. The number of carbonyl (C=O) groups excluding carboxylic acids is 1. The van der Waals surface area contributed by atoms with Crippen molar-refractivity contribution in [1.82, 2.24) is 5.32 Å². The number of amides is 1. The molecule has 92 valence electrons. The van der Waals surface area contributed by atoms with E-state index in [-0.39, 0.29) is 17.4 Å². The molecule has 0 aliphatic heterocycles. The number of hydrogen-bond donors (Lipinski definition) is 2. The Labute approximate surface area is 97.6 Å². The molecule has 2 saturated carbocycles. The summed E-state index contributed by atoms with van der Waals surface area (Å²) >= 11 is 0. The first-order chi connectivity index (χ1) is 7.60. The molecule has 0 saturated heterocycles. The van der Waals surface area contributed by atoms with Gasteiger partial charge in [-0.1, -0.05) is 19.8 Å². The smallest absolute Gasteiger partial charge is 0.225 e. The van der Waals surface area contributed by atoms with Gasteiger partial charge in [-0.05, 0) is 38.0 Å². The maximum absolute atomic E-state index is 12.0. The van der Waals surface area contributed by atoms with Crippen molar-refractivity contribution in [3.63, 3.8) is 0 Å². The molecule has 0 aromatic heterocycles. The summed E-state index contributed by atoms with van der Waals surface area (Å²) in [7, 11) is 0. The van der Waals surface area contributed by atoms with E-state index in [0.29, 0.717) is 5.92 Å². The van der Waals surface area contributed by atoms with Crippen LogP contribution in [0.5, 0.6) is 0 Å². The van der Waals surface area contributed by atoms with E-state index in [1.807, 2.05) is 0 Å². The fourth-order valence-corrected chi connectivity index (χ4v) is 3.07. The monoisotopic (exact) mass is 225 g/mol. The molecule has 2 unspecified atom stereocenters. The molecule has 0 spiro atoms. The predicted octanol–water partition coefficient (Wildman–Crippen LogP) is 1.84. The average Bonchev–Trinajstić information content (AvgIpc) is 2.85. The zero-order chi connectivity index (χ0) is 11.6. The quantitative estimate of drug-likeness (QED) is 0.770. The van der Waals surface area contributed by atoms with Gasteiger partial charge in [-0.15, -0.1) is 0 Å². The molecule has 0 bridgehead atoms. The summed E-state index contributed by atoms with van der Waals surface area (Å²) in [5.41, 5.74) is -0.114. The summed E-state index contributed by atoms with van der Waals surface area (Å²) in [5, 5.41) is 12.5. The number of nitrogens with one attached hydrogen (secondary N) is 1. The van der Waals surface area contributed by atoms with Crippen LogP contribution in [0.1, 0.15) is 51.9 Å². The van der Waals surface area contributed by atoms with Crippen LogP contribution in [0.3, 0.4) is 0 Å². The van der Waals surface area contributed by atoms with Crippen LogP contribution in [0.4, 0.5) is 0 Å². The van der Waals surface area contributed by atoms with Crippen molar-refractivity contribution >= 4 is 5.91 Å². The Bertz CT molecular complexity index is 259. The molecule has 0 aromatic carbocycles. The van der Waals surface area contributed by atoms with E-state index in [4.69, 9.17) is 0 Å². The molecule has 0 radical (unpaired) electrons. The highest BCUT2D eigenvalue weighted by molar-refractivity contribution is 5.82. The summed E-state index contributed by atoms with van der Waals surface area (Å²) in [6.45, 7) is 2.84. The molecule has 0 heterocycles. The third-order valence-corrected chi connectivity index (χ3v) is 4.32. The van der Waals surface area contributed by atoms with Gasteiger partial charge in [-0.2, -0.15) is 0 Å². The highest BCUT2D eigenvalue weighted by atomic mass is 16.3. The lowest BCUT2D eigenvalue weighted by atomic mass is 9.87. The van der Waals surface area contributed by atoms with Gasteiger partial charge in [0.15, 0.2) is 0 Å². The third kappa shape index (κ3) is 2.57. The van der Waals surface area contributed by atoms with Crippen LogP contribution in [0, 0.1) is 11.3 Å². The van der Waals surface area contributed by atoms with Gasteiger partial charge in [0, 0.05) is 12.0 Å². The number of aliphatic hydroxyl groups excluding tert-OH is 1. The fourth-order valence-electron chi connectivity index (χ4n) is 3.07. The van der Waals surface area contributed by atoms with Crippen LogP contribution in [0.25, 0.3) is 0 Å². The number of carbonyl (C=O) groups is 1. The van der Waals surface area contributed by atoms with Crippen LogP contribution in [0.2, 0.25) is 0 Å². The summed E-state index contributed by atoms with van der Waals surface area (Å²) in [5.74, 6) is 0.718. The summed E-state index contributed by atoms with van der Waals surface area (Å²) in [4.78, 5) is 12.0. The van der Waals surface area contributed by atoms with Crippen LogP contribution in [0.15, 0.2) is 0 Å². The van der Waals surface area contributed by atoms with E-state index in [2.05, 4.69) is 12.2 Å². The van der Waals surface area contributed by atoms with Gasteiger partial charge in [0.1, 0.15) is 0 Å². The SMILES string of the molecule is CC1(C(=O)NCC2CCC(O)C2)CCCC1. The second kappa shape index (κ2) is 4.74. The van der Waals surface area contributed by atoms with Crippen LogP contribution >= 0.6 is 0 Å². The minimum atomic E-state index is -0.135. The van der Waals surface area contributed by atoms with Crippen molar-refractivity contribution in [3.8, 4) is 0 Å². The molecule has 2 aliphatic rings. The Hall–Kier alpha value is -0.570. The van der Waals surface area contributed by atoms with Crippen molar-refractivity contribution in [2.24, 2.45) is 11.3 Å². The Morgan fingerprint density at radius 3 is 2.62 bits per heavy atom. The Kier molecular flexibility index (Phi) is 3.53. The second-order valence-corrected chi connectivity index (χ2v) is 5.81. The van der Waals surface area contributed by atoms with Crippen molar-refractivity contribution in [1.29, 1.82) is 0 Å². The van der Waals surface area contributed by atoms with Crippen molar-refractivity contribution in [2.75, 3.05) is 6.54 Å². The number of aliphatic hydroxyl groups is 1. The summed E-state index contributed by atoms with van der Waals surface area (Å²) in [6, 6.07) is 0. The highest BCUT2D eigenvalue weighted by Crippen LogP contribution is 2.37. The maximum Gasteiger partial charge on any atom is 0.225 e. The number of hydrogen-bond acceptors (Lipinski definition) is 2. The van der Waals surface area contributed by atoms with Gasteiger partial charge in [0.05, 0.1) is 6.10 Å². The minimum absolute atomic E-state index is 0.114. The van der Waals surface area contributed by atoms with Crippen molar-refractivity contribution in [2.45, 2.75) is 58.0 Å². The summed E-state index contributed by atoms with van der Waals surface area (Å²) < 4.78 is 0.